The molecule has 2 saturated heterocycles. The molecule has 184 valence electrons. The maximum Gasteiger partial charge on any atom is 0.417 e. The van der Waals surface area contributed by atoms with Crippen LogP contribution in [0.1, 0.15) is 49.4 Å². The Kier molecular flexibility index (Phi) is 5.92. The average Bonchev–Trinajstić information content (AvgIpc) is 3.07. The molecule has 5 heterocycles. The summed E-state index contributed by atoms with van der Waals surface area (Å²) in [6, 6.07) is 1.50. The van der Waals surface area contributed by atoms with Gasteiger partial charge in [0, 0.05) is 82.2 Å². The van der Waals surface area contributed by atoms with Gasteiger partial charge in [0.25, 0.3) is 5.91 Å². The normalized spacial score (nSPS) is 23.9. The molecule has 34 heavy (non-hydrogen) atoms. The van der Waals surface area contributed by atoms with Crippen LogP contribution in [0.3, 0.4) is 0 Å². The first-order chi connectivity index (χ1) is 16.2. The van der Waals surface area contributed by atoms with Crippen molar-refractivity contribution < 1.29 is 32.2 Å². The minimum atomic E-state index is -4.50. The fourth-order valence-electron chi connectivity index (χ4n) is 5.67. The van der Waals surface area contributed by atoms with Crippen molar-refractivity contribution in [3.8, 4) is 0 Å². The number of likely N-dealkylation sites (tertiary alicyclic amines) is 1. The highest BCUT2D eigenvalue weighted by molar-refractivity contribution is 6.07. The van der Waals surface area contributed by atoms with E-state index in [0.29, 0.717) is 67.3 Å². The second-order valence-corrected chi connectivity index (χ2v) is 9.57. The lowest BCUT2D eigenvalue weighted by Crippen LogP contribution is -2.52. The Hall–Kier alpha value is -2.46. The van der Waals surface area contributed by atoms with Crippen molar-refractivity contribution in [1.82, 2.24) is 14.8 Å². The number of alkyl halides is 3. The Morgan fingerprint density at radius 1 is 1.18 bits per heavy atom. The molecule has 0 saturated carbocycles. The molecule has 1 aromatic rings. The Morgan fingerprint density at radius 2 is 1.88 bits per heavy atom. The number of piperidine rings is 1. The number of hydrogen-bond acceptors (Lipinski definition) is 6. The maximum absolute atomic E-state index is 13.7. The first-order valence-electron chi connectivity index (χ1n) is 11.8. The molecular weight excluding hydrogens is 451 g/mol. The fourth-order valence-corrected chi connectivity index (χ4v) is 5.67. The monoisotopic (exact) mass is 479 g/mol. The van der Waals surface area contributed by atoms with Crippen LogP contribution in [0.4, 0.5) is 13.2 Å². The van der Waals surface area contributed by atoms with Crippen molar-refractivity contribution in [3.05, 3.63) is 40.2 Å². The number of carbonyl (C=O) groups is 2. The van der Waals surface area contributed by atoms with E-state index in [0.717, 1.165) is 38.3 Å². The molecule has 0 aliphatic carbocycles. The van der Waals surface area contributed by atoms with Gasteiger partial charge < -0.3 is 14.4 Å². The third-order valence-corrected chi connectivity index (χ3v) is 7.61. The number of fused-ring (bicyclic) bond motifs is 1. The van der Waals surface area contributed by atoms with Crippen LogP contribution >= 0.6 is 0 Å². The largest absolute Gasteiger partial charge is 0.450 e. The molecular formula is C24H28F3N3O4. The van der Waals surface area contributed by atoms with Crippen LogP contribution < -0.4 is 0 Å². The molecule has 0 N–H and O–H groups in total. The van der Waals surface area contributed by atoms with Crippen molar-refractivity contribution >= 4 is 11.9 Å². The highest BCUT2D eigenvalue weighted by Gasteiger charge is 2.52. The second-order valence-electron chi connectivity index (χ2n) is 9.57. The summed E-state index contributed by atoms with van der Waals surface area (Å²) in [5.41, 5.74) is -0.161. The molecule has 4 aliphatic rings. The zero-order valence-electron chi connectivity index (χ0n) is 19.1. The van der Waals surface area contributed by atoms with Crippen LogP contribution in [-0.4, -0.2) is 71.2 Å². The third kappa shape index (κ3) is 4.11. The van der Waals surface area contributed by atoms with Gasteiger partial charge in [-0.05, 0) is 31.4 Å². The zero-order chi connectivity index (χ0) is 24.1. The topological polar surface area (TPSA) is 72.0 Å². The lowest BCUT2D eigenvalue weighted by molar-refractivity contribution is -0.152. The Labute approximate surface area is 195 Å². The van der Waals surface area contributed by atoms with E-state index in [2.05, 4.69) is 9.88 Å². The van der Waals surface area contributed by atoms with Crippen molar-refractivity contribution in [2.45, 2.75) is 63.4 Å². The van der Waals surface area contributed by atoms with Crippen molar-refractivity contribution in [2.24, 2.45) is 0 Å². The SMILES string of the molecule is CC1=C(C(=O)N2CCc3ncc(C(F)(F)F)cc3C2)C2(CCN(C3CCOCC3)CC2)OC1=O. The summed E-state index contributed by atoms with van der Waals surface area (Å²) >= 11 is 0. The summed E-state index contributed by atoms with van der Waals surface area (Å²) < 4.78 is 50.8. The third-order valence-electron chi connectivity index (χ3n) is 7.61. The molecule has 4 aliphatic heterocycles. The summed E-state index contributed by atoms with van der Waals surface area (Å²) in [7, 11) is 0. The van der Waals surface area contributed by atoms with Crippen LogP contribution in [0.5, 0.6) is 0 Å². The molecule has 0 atom stereocenters. The Morgan fingerprint density at radius 3 is 2.56 bits per heavy atom. The summed E-state index contributed by atoms with van der Waals surface area (Å²) in [5, 5.41) is 0. The minimum Gasteiger partial charge on any atom is -0.450 e. The minimum absolute atomic E-state index is 0.0281. The number of carbonyl (C=O) groups excluding carboxylic acids is 2. The zero-order valence-corrected chi connectivity index (χ0v) is 19.1. The molecule has 0 unspecified atom stereocenters. The standard InChI is InChI=1S/C24H28F3N3O4/c1-15-20(21(31)30-7-2-19-16(14-30)12-17(13-28-19)24(25,26)27)23(34-22(15)32)5-8-29(9-6-23)18-3-10-33-11-4-18/h12-13,18H,2-11,14H2,1H3. The smallest absolute Gasteiger partial charge is 0.417 e. The van der Waals surface area contributed by atoms with Gasteiger partial charge in [-0.25, -0.2) is 4.79 Å². The predicted octanol–water partition coefficient (Wildman–Crippen LogP) is 2.87. The summed E-state index contributed by atoms with van der Waals surface area (Å²) in [6.45, 7) is 4.88. The number of halogens is 3. The highest BCUT2D eigenvalue weighted by atomic mass is 19.4. The summed E-state index contributed by atoms with van der Waals surface area (Å²) in [5.74, 6) is -0.813. The number of aromatic nitrogens is 1. The first kappa shape index (κ1) is 23.3. The van der Waals surface area contributed by atoms with Crippen molar-refractivity contribution in [2.75, 3.05) is 32.8 Å². The lowest BCUT2D eigenvalue weighted by Gasteiger charge is -2.44. The average molecular weight is 479 g/mol. The van der Waals surface area contributed by atoms with Gasteiger partial charge in [0.2, 0.25) is 0 Å². The van der Waals surface area contributed by atoms with E-state index in [1.165, 1.54) is 4.90 Å². The van der Waals surface area contributed by atoms with Crippen molar-refractivity contribution in [3.63, 3.8) is 0 Å². The molecule has 0 radical (unpaired) electrons. The van der Waals surface area contributed by atoms with Gasteiger partial charge in [0.15, 0.2) is 0 Å². The highest BCUT2D eigenvalue weighted by Crippen LogP contribution is 2.43. The van der Waals surface area contributed by atoms with E-state index in [1.807, 2.05) is 0 Å². The number of nitrogens with zero attached hydrogens (tertiary/aromatic N) is 3. The molecule has 1 spiro atoms. The molecule has 5 rings (SSSR count). The molecule has 0 aromatic carbocycles. The van der Waals surface area contributed by atoms with E-state index in [4.69, 9.17) is 9.47 Å². The van der Waals surface area contributed by atoms with Gasteiger partial charge in [0.1, 0.15) is 5.60 Å². The molecule has 1 amide bonds. The Balaban J connectivity index is 1.35. The lowest BCUT2D eigenvalue weighted by atomic mass is 9.81. The van der Waals surface area contributed by atoms with Crippen LogP contribution in [-0.2, 0) is 38.2 Å². The van der Waals surface area contributed by atoms with Gasteiger partial charge in [-0.2, -0.15) is 13.2 Å². The molecule has 10 heteroatoms. The van der Waals surface area contributed by atoms with E-state index >= 15 is 0 Å². The van der Waals surface area contributed by atoms with Crippen LogP contribution in [0, 0.1) is 0 Å². The van der Waals surface area contributed by atoms with E-state index in [1.54, 1.807) is 6.92 Å². The van der Waals surface area contributed by atoms with Gasteiger partial charge in [-0.15, -0.1) is 0 Å². The number of ether oxygens (including phenoxy) is 2. The molecule has 0 bridgehead atoms. The number of hydrogen-bond donors (Lipinski definition) is 0. The summed E-state index contributed by atoms with van der Waals surface area (Å²) in [4.78, 5) is 34.1. The summed E-state index contributed by atoms with van der Waals surface area (Å²) in [6.07, 6.45) is -0.305. The second kappa shape index (κ2) is 8.64. The van der Waals surface area contributed by atoms with Gasteiger partial charge >= 0.3 is 12.1 Å². The number of amides is 1. The number of rotatable bonds is 2. The van der Waals surface area contributed by atoms with E-state index in [-0.39, 0.29) is 12.5 Å². The van der Waals surface area contributed by atoms with Crippen LogP contribution in [0.2, 0.25) is 0 Å². The quantitative estimate of drug-likeness (QED) is 0.608. The number of pyridine rings is 1. The molecule has 7 nitrogen and oxygen atoms in total. The van der Waals surface area contributed by atoms with Crippen molar-refractivity contribution in [1.29, 1.82) is 0 Å². The Bertz CT molecular complexity index is 1020. The predicted molar refractivity (Wildman–Crippen MR) is 115 cm³/mol. The van der Waals surface area contributed by atoms with Gasteiger partial charge in [0.05, 0.1) is 11.1 Å². The molecule has 2 fully saturated rings. The molecule has 1 aromatic heterocycles. The van der Waals surface area contributed by atoms with Crippen LogP contribution in [0.25, 0.3) is 0 Å². The van der Waals surface area contributed by atoms with E-state index in [9.17, 15) is 22.8 Å². The fraction of sp³-hybridized carbons (Fsp3) is 0.625. The number of esters is 1. The van der Waals surface area contributed by atoms with Crippen LogP contribution in [0.15, 0.2) is 23.4 Å². The van der Waals surface area contributed by atoms with Gasteiger partial charge in [-0.3, -0.25) is 14.7 Å². The van der Waals surface area contributed by atoms with E-state index < -0.39 is 23.3 Å². The first-order valence-corrected chi connectivity index (χ1v) is 11.8. The maximum atomic E-state index is 13.7. The van der Waals surface area contributed by atoms with Gasteiger partial charge in [-0.1, -0.05) is 0 Å².